The van der Waals surface area contributed by atoms with Crippen LogP contribution in [-0.2, 0) is 16.4 Å². The Morgan fingerprint density at radius 3 is 2.67 bits per heavy atom. The molecule has 0 bridgehead atoms. The summed E-state index contributed by atoms with van der Waals surface area (Å²) in [6.07, 6.45) is 1.40. The Bertz CT molecular complexity index is 500. The molecular formula is C12H18ClNO3S. The van der Waals surface area contributed by atoms with E-state index in [1.807, 2.05) is 0 Å². The molecule has 0 heterocycles. The minimum Gasteiger partial charge on any atom is -0.393 e. The fraction of sp³-hybridized carbons (Fsp3) is 0.500. The molecule has 0 spiro atoms. The predicted octanol–water partition coefficient (Wildman–Crippen LogP) is 1.60. The average molecular weight is 292 g/mol. The van der Waals surface area contributed by atoms with E-state index in [-0.39, 0.29) is 11.0 Å². The zero-order valence-electron chi connectivity index (χ0n) is 10.5. The van der Waals surface area contributed by atoms with E-state index in [1.165, 1.54) is 0 Å². The second-order valence-corrected chi connectivity index (χ2v) is 6.69. The highest BCUT2D eigenvalue weighted by molar-refractivity contribution is 7.90. The van der Waals surface area contributed by atoms with Crippen molar-refractivity contribution in [1.29, 1.82) is 0 Å². The Kier molecular flexibility index (Phi) is 5.59. The summed E-state index contributed by atoms with van der Waals surface area (Å²) < 4.78 is 23.2. The van der Waals surface area contributed by atoms with Crippen molar-refractivity contribution < 1.29 is 13.5 Å². The molecule has 2 N–H and O–H groups in total. The Labute approximate surface area is 113 Å². The molecule has 0 radical (unpaired) electrons. The van der Waals surface area contributed by atoms with Gasteiger partial charge in [0.2, 0.25) is 0 Å². The van der Waals surface area contributed by atoms with Gasteiger partial charge in [-0.15, -0.1) is 0 Å². The van der Waals surface area contributed by atoms with Crippen LogP contribution in [0.1, 0.15) is 18.9 Å². The molecule has 0 fully saturated rings. The first kappa shape index (κ1) is 15.4. The molecule has 0 aromatic heterocycles. The highest BCUT2D eigenvalue weighted by Gasteiger charge is 2.15. The quantitative estimate of drug-likeness (QED) is 0.782. The lowest BCUT2D eigenvalue weighted by Crippen LogP contribution is -2.20. The summed E-state index contributed by atoms with van der Waals surface area (Å²) in [6.45, 7) is 2.68. The summed E-state index contributed by atoms with van der Waals surface area (Å²) in [5.41, 5.74) is 0.576. The van der Waals surface area contributed by atoms with Gasteiger partial charge >= 0.3 is 0 Å². The number of aliphatic hydroxyl groups excluding tert-OH is 1. The van der Waals surface area contributed by atoms with E-state index < -0.39 is 9.84 Å². The number of benzene rings is 1. The van der Waals surface area contributed by atoms with Gasteiger partial charge in [0.25, 0.3) is 0 Å². The minimum absolute atomic E-state index is 0.250. The molecule has 1 rings (SSSR count). The van der Waals surface area contributed by atoms with Gasteiger partial charge in [0.05, 0.1) is 11.0 Å². The Morgan fingerprint density at radius 1 is 1.44 bits per heavy atom. The zero-order valence-corrected chi connectivity index (χ0v) is 12.1. The van der Waals surface area contributed by atoms with E-state index >= 15 is 0 Å². The number of hydrogen-bond donors (Lipinski definition) is 2. The molecule has 4 nitrogen and oxygen atoms in total. The lowest BCUT2D eigenvalue weighted by Gasteiger charge is -2.11. The van der Waals surface area contributed by atoms with Crippen LogP contribution < -0.4 is 5.32 Å². The number of halogens is 1. The molecule has 18 heavy (non-hydrogen) atoms. The molecule has 0 aliphatic rings. The standard InChI is InChI=1S/C12H18ClNO3S/c1-9(15)6-7-14-8-10-11(13)4-3-5-12(10)18(2,16)17/h3-5,9,14-15H,6-8H2,1-2H3. The van der Waals surface area contributed by atoms with Crippen LogP contribution in [-0.4, -0.2) is 32.4 Å². The molecule has 102 valence electrons. The number of nitrogens with one attached hydrogen (secondary N) is 1. The first-order valence-corrected chi connectivity index (χ1v) is 7.95. The fourth-order valence-electron chi connectivity index (χ4n) is 1.58. The summed E-state index contributed by atoms with van der Waals surface area (Å²) in [5.74, 6) is 0. The highest BCUT2D eigenvalue weighted by Crippen LogP contribution is 2.23. The number of hydrogen-bond acceptors (Lipinski definition) is 4. The van der Waals surface area contributed by atoms with Crippen molar-refractivity contribution in [3.63, 3.8) is 0 Å². The maximum atomic E-state index is 11.6. The van der Waals surface area contributed by atoms with Gasteiger partial charge in [0.1, 0.15) is 0 Å². The molecule has 0 aliphatic carbocycles. The van der Waals surface area contributed by atoms with Crippen molar-refractivity contribution >= 4 is 21.4 Å². The third-order valence-electron chi connectivity index (χ3n) is 2.52. The molecule has 6 heteroatoms. The van der Waals surface area contributed by atoms with E-state index in [2.05, 4.69) is 5.32 Å². The van der Waals surface area contributed by atoms with E-state index in [1.54, 1.807) is 25.1 Å². The summed E-state index contributed by atoms with van der Waals surface area (Å²) in [5, 5.41) is 12.6. The number of sulfone groups is 1. The largest absolute Gasteiger partial charge is 0.393 e. The third-order valence-corrected chi connectivity index (χ3v) is 4.05. The first-order valence-electron chi connectivity index (χ1n) is 5.68. The van der Waals surface area contributed by atoms with Crippen molar-refractivity contribution in [3.8, 4) is 0 Å². The van der Waals surface area contributed by atoms with Crippen LogP contribution >= 0.6 is 11.6 Å². The number of rotatable bonds is 6. The molecule has 0 aliphatic heterocycles. The normalized spacial score (nSPS) is 13.6. The molecule has 1 unspecified atom stereocenters. The Balaban J connectivity index is 2.81. The average Bonchev–Trinajstić information content (AvgIpc) is 2.24. The van der Waals surface area contributed by atoms with Crippen molar-refractivity contribution in [1.82, 2.24) is 5.32 Å². The van der Waals surface area contributed by atoms with Gasteiger partial charge < -0.3 is 10.4 Å². The highest BCUT2D eigenvalue weighted by atomic mass is 35.5. The molecule has 1 aromatic rings. The molecule has 0 amide bonds. The Morgan fingerprint density at radius 2 is 2.11 bits per heavy atom. The second-order valence-electron chi connectivity index (χ2n) is 4.30. The van der Waals surface area contributed by atoms with Gasteiger partial charge in [-0.3, -0.25) is 0 Å². The van der Waals surface area contributed by atoms with Crippen molar-refractivity contribution in [2.24, 2.45) is 0 Å². The second kappa shape index (κ2) is 6.52. The summed E-state index contributed by atoms with van der Waals surface area (Å²) in [7, 11) is -3.28. The maximum absolute atomic E-state index is 11.6. The van der Waals surface area contributed by atoms with Crippen LogP contribution in [0.15, 0.2) is 23.1 Å². The van der Waals surface area contributed by atoms with Crippen LogP contribution in [0.25, 0.3) is 0 Å². The monoisotopic (exact) mass is 291 g/mol. The zero-order chi connectivity index (χ0) is 13.8. The molecule has 0 saturated heterocycles. The van der Waals surface area contributed by atoms with E-state index in [0.717, 1.165) is 6.26 Å². The van der Waals surface area contributed by atoms with Crippen LogP contribution in [0.2, 0.25) is 5.02 Å². The SMILES string of the molecule is CC(O)CCNCc1c(Cl)cccc1S(C)(=O)=O. The summed E-state index contributed by atoms with van der Waals surface area (Å²) >= 11 is 6.02. The maximum Gasteiger partial charge on any atom is 0.175 e. The smallest absolute Gasteiger partial charge is 0.175 e. The summed E-state index contributed by atoms with van der Waals surface area (Å²) in [6, 6.07) is 4.84. The van der Waals surface area contributed by atoms with Gasteiger partial charge in [-0.2, -0.15) is 0 Å². The van der Waals surface area contributed by atoms with Crippen molar-refractivity contribution in [2.75, 3.05) is 12.8 Å². The fourth-order valence-corrected chi connectivity index (χ4v) is 2.84. The molecule has 0 saturated carbocycles. The van der Waals surface area contributed by atoms with Crippen LogP contribution in [0, 0.1) is 0 Å². The van der Waals surface area contributed by atoms with Gasteiger partial charge in [-0.1, -0.05) is 17.7 Å². The first-order chi connectivity index (χ1) is 8.32. The number of aliphatic hydroxyl groups is 1. The minimum atomic E-state index is -3.28. The predicted molar refractivity (Wildman–Crippen MR) is 72.6 cm³/mol. The molecule has 1 aromatic carbocycles. The topological polar surface area (TPSA) is 66.4 Å². The van der Waals surface area contributed by atoms with Gasteiger partial charge in [0.15, 0.2) is 9.84 Å². The van der Waals surface area contributed by atoms with Crippen molar-refractivity contribution in [2.45, 2.75) is 30.9 Å². The van der Waals surface area contributed by atoms with Crippen LogP contribution in [0.3, 0.4) is 0 Å². The van der Waals surface area contributed by atoms with E-state index in [0.29, 0.717) is 30.1 Å². The lowest BCUT2D eigenvalue weighted by molar-refractivity contribution is 0.183. The Hall–Kier alpha value is -0.620. The van der Waals surface area contributed by atoms with Crippen molar-refractivity contribution in [3.05, 3.63) is 28.8 Å². The van der Waals surface area contributed by atoms with E-state index in [4.69, 9.17) is 16.7 Å². The summed E-state index contributed by atoms with van der Waals surface area (Å²) in [4.78, 5) is 0.250. The molecular weight excluding hydrogens is 274 g/mol. The molecule has 1 atom stereocenters. The van der Waals surface area contributed by atoms with E-state index in [9.17, 15) is 8.42 Å². The van der Waals surface area contributed by atoms with Crippen LogP contribution in [0.4, 0.5) is 0 Å². The van der Waals surface area contributed by atoms with Gasteiger partial charge in [-0.05, 0) is 32.0 Å². The lowest BCUT2D eigenvalue weighted by atomic mass is 10.2. The van der Waals surface area contributed by atoms with Crippen LogP contribution in [0.5, 0.6) is 0 Å². The van der Waals surface area contributed by atoms with Gasteiger partial charge in [0, 0.05) is 23.4 Å². The third kappa shape index (κ3) is 4.57. The van der Waals surface area contributed by atoms with Gasteiger partial charge in [-0.25, -0.2) is 8.42 Å².